The zero-order valence-corrected chi connectivity index (χ0v) is 18.4. The highest BCUT2D eigenvalue weighted by molar-refractivity contribution is 7.89. The number of carbonyl (C=O) groups is 1. The van der Waals surface area contributed by atoms with Crippen LogP contribution in [0.1, 0.15) is 42.5 Å². The van der Waals surface area contributed by atoms with E-state index in [2.05, 4.69) is 4.98 Å². The Bertz CT molecular complexity index is 1230. The summed E-state index contributed by atoms with van der Waals surface area (Å²) in [5, 5.41) is 0. The number of imidazole rings is 1. The van der Waals surface area contributed by atoms with E-state index in [-0.39, 0.29) is 16.8 Å². The van der Waals surface area contributed by atoms with Crippen LogP contribution in [0.3, 0.4) is 0 Å². The maximum Gasteiger partial charge on any atom is 0.260 e. The van der Waals surface area contributed by atoms with E-state index in [1.54, 1.807) is 36.2 Å². The summed E-state index contributed by atoms with van der Waals surface area (Å²) in [7, 11) is -1.91. The molecule has 1 amide bonds. The van der Waals surface area contributed by atoms with Crippen LogP contribution in [0.15, 0.2) is 53.4 Å². The number of anilines is 1. The minimum absolute atomic E-state index is 0.0534. The standard InChI is InChI=1S/C23H26N4O3S/c1-25(18-7-3-2-4-8-18)31(29,30)19-13-11-17(12-14-19)22(28)27-16-15-26-21-10-6-5-9-20(21)24-23(26)27/h5-6,9-14,18H,2-4,7-8,15-16H2,1H3. The number of fused-ring (bicyclic) bond motifs is 3. The minimum Gasteiger partial charge on any atom is -0.308 e. The number of sulfonamides is 1. The number of hydrogen-bond donors (Lipinski definition) is 0. The number of benzene rings is 2. The molecule has 31 heavy (non-hydrogen) atoms. The molecule has 8 heteroatoms. The fourth-order valence-corrected chi connectivity index (χ4v) is 6.13. The maximum atomic E-state index is 13.1. The summed E-state index contributed by atoms with van der Waals surface area (Å²) in [4.78, 5) is 19.7. The van der Waals surface area contributed by atoms with Crippen molar-refractivity contribution in [3.05, 3.63) is 54.1 Å². The number of rotatable bonds is 4. The van der Waals surface area contributed by atoms with Crippen molar-refractivity contribution in [1.82, 2.24) is 13.9 Å². The number of carbonyl (C=O) groups excluding carboxylic acids is 1. The highest BCUT2D eigenvalue weighted by Gasteiger charge is 2.31. The van der Waals surface area contributed by atoms with Crippen molar-refractivity contribution >= 4 is 32.9 Å². The Hall–Kier alpha value is -2.71. The first kappa shape index (κ1) is 20.2. The van der Waals surface area contributed by atoms with Crippen LogP contribution in [0, 0.1) is 0 Å². The third-order valence-corrected chi connectivity index (χ3v) is 8.46. The first-order chi connectivity index (χ1) is 15.0. The smallest absolute Gasteiger partial charge is 0.260 e. The van der Waals surface area contributed by atoms with E-state index in [0.717, 1.165) is 36.7 Å². The second-order valence-corrected chi connectivity index (χ2v) is 10.3. The van der Waals surface area contributed by atoms with Gasteiger partial charge in [-0.15, -0.1) is 0 Å². The molecular formula is C23H26N4O3S. The fraction of sp³-hybridized carbons (Fsp3) is 0.391. The lowest BCUT2D eigenvalue weighted by Crippen LogP contribution is -2.38. The van der Waals surface area contributed by atoms with Crippen LogP contribution in [-0.4, -0.2) is 47.8 Å². The van der Waals surface area contributed by atoms with E-state index < -0.39 is 10.0 Å². The Morgan fingerprint density at radius 3 is 2.45 bits per heavy atom. The molecule has 1 saturated carbocycles. The van der Waals surface area contributed by atoms with Crippen molar-refractivity contribution in [2.45, 2.75) is 49.6 Å². The van der Waals surface area contributed by atoms with Gasteiger partial charge in [0.05, 0.1) is 15.9 Å². The molecule has 2 aliphatic rings. The van der Waals surface area contributed by atoms with Gasteiger partial charge in [0.2, 0.25) is 16.0 Å². The molecule has 0 atom stereocenters. The molecule has 0 unspecified atom stereocenters. The van der Waals surface area contributed by atoms with Crippen molar-refractivity contribution < 1.29 is 13.2 Å². The molecule has 0 radical (unpaired) electrons. The van der Waals surface area contributed by atoms with Gasteiger partial charge in [0.25, 0.3) is 5.91 Å². The molecule has 7 nitrogen and oxygen atoms in total. The molecule has 0 saturated heterocycles. The minimum atomic E-state index is -3.57. The van der Waals surface area contributed by atoms with E-state index in [1.165, 1.54) is 10.7 Å². The summed E-state index contributed by atoms with van der Waals surface area (Å²) in [5.74, 6) is 0.471. The predicted octanol–water partition coefficient (Wildman–Crippen LogP) is 3.65. The van der Waals surface area contributed by atoms with Crippen LogP contribution in [0.4, 0.5) is 5.95 Å². The Morgan fingerprint density at radius 2 is 1.71 bits per heavy atom. The number of nitrogens with zero attached hydrogens (tertiary/aromatic N) is 4. The van der Waals surface area contributed by atoms with E-state index in [4.69, 9.17) is 0 Å². The Balaban J connectivity index is 1.38. The fourth-order valence-electron chi connectivity index (χ4n) is 4.71. The second-order valence-electron chi connectivity index (χ2n) is 8.35. The van der Waals surface area contributed by atoms with Gasteiger partial charge in [-0.3, -0.25) is 9.69 Å². The molecule has 3 aromatic rings. The third-order valence-electron chi connectivity index (χ3n) is 6.54. The molecule has 1 aliphatic carbocycles. The van der Waals surface area contributed by atoms with Gasteiger partial charge in [-0.25, -0.2) is 13.4 Å². The number of hydrogen-bond acceptors (Lipinski definition) is 4. The topological polar surface area (TPSA) is 75.5 Å². The van der Waals surface area contributed by atoms with Crippen LogP contribution < -0.4 is 4.90 Å². The monoisotopic (exact) mass is 438 g/mol. The van der Waals surface area contributed by atoms with Crippen molar-refractivity contribution in [2.24, 2.45) is 0 Å². The summed E-state index contributed by atoms with van der Waals surface area (Å²) in [6.45, 7) is 1.25. The van der Waals surface area contributed by atoms with Gasteiger partial charge in [-0.05, 0) is 49.2 Å². The van der Waals surface area contributed by atoms with Crippen LogP contribution in [-0.2, 0) is 16.6 Å². The average molecular weight is 439 g/mol. The summed E-state index contributed by atoms with van der Waals surface area (Å²) in [6, 6.07) is 14.2. The van der Waals surface area contributed by atoms with Gasteiger partial charge in [0, 0.05) is 31.7 Å². The summed E-state index contributed by atoms with van der Waals surface area (Å²) < 4.78 is 29.7. The van der Waals surface area contributed by atoms with Gasteiger partial charge in [0.15, 0.2) is 0 Å². The zero-order chi connectivity index (χ0) is 21.6. The lowest BCUT2D eigenvalue weighted by Gasteiger charge is -2.30. The largest absolute Gasteiger partial charge is 0.308 e. The summed E-state index contributed by atoms with van der Waals surface area (Å²) in [6.07, 6.45) is 5.12. The molecule has 0 spiro atoms. The van der Waals surface area contributed by atoms with Gasteiger partial charge >= 0.3 is 0 Å². The van der Waals surface area contributed by atoms with E-state index in [0.29, 0.717) is 24.6 Å². The Kier molecular flexibility index (Phi) is 5.06. The Morgan fingerprint density at radius 1 is 1.00 bits per heavy atom. The second kappa shape index (κ2) is 7.76. The van der Waals surface area contributed by atoms with Crippen molar-refractivity contribution in [1.29, 1.82) is 0 Å². The van der Waals surface area contributed by atoms with Gasteiger partial charge < -0.3 is 4.57 Å². The Labute approximate surface area is 182 Å². The summed E-state index contributed by atoms with van der Waals surface area (Å²) in [5.41, 5.74) is 2.34. The number of para-hydroxylation sites is 2. The average Bonchev–Trinajstić information content (AvgIpc) is 3.38. The maximum absolute atomic E-state index is 13.1. The normalized spacial score (nSPS) is 17.4. The van der Waals surface area contributed by atoms with E-state index >= 15 is 0 Å². The molecule has 1 aliphatic heterocycles. The molecule has 162 valence electrons. The van der Waals surface area contributed by atoms with Gasteiger partial charge in [0.1, 0.15) is 0 Å². The van der Waals surface area contributed by atoms with Crippen molar-refractivity contribution in [3.8, 4) is 0 Å². The number of aromatic nitrogens is 2. The molecule has 0 bridgehead atoms. The van der Waals surface area contributed by atoms with Crippen LogP contribution in [0.2, 0.25) is 0 Å². The quantitative estimate of drug-likeness (QED) is 0.623. The first-order valence-electron chi connectivity index (χ1n) is 10.8. The SMILES string of the molecule is CN(C1CCCCC1)S(=O)(=O)c1ccc(C(=O)N2CCn3c2nc2ccccc23)cc1. The lowest BCUT2D eigenvalue weighted by molar-refractivity contribution is 0.0988. The van der Waals surface area contributed by atoms with Crippen LogP contribution in [0.25, 0.3) is 11.0 Å². The molecule has 2 heterocycles. The zero-order valence-electron chi connectivity index (χ0n) is 17.6. The van der Waals surface area contributed by atoms with Crippen LogP contribution >= 0.6 is 0 Å². The third kappa shape index (κ3) is 3.43. The van der Waals surface area contributed by atoms with Gasteiger partial charge in [-0.1, -0.05) is 31.4 Å². The van der Waals surface area contributed by atoms with Gasteiger partial charge in [-0.2, -0.15) is 4.31 Å². The summed E-state index contributed by atoms with van der Waals surface area (Å²) >= 11 is 0. The van der Waals surface area contributed by atoms with Crippen molar-refractivity contribution in [2.75, 3.05) is 18.5 Å². The first-order valence-corrected chi connectivity index (χ1v) is 12.3. The predicted molar refractivity (Wildman–Crippen MR) is 120 cm³/mol. The van der Waals surface area contributed by atoms with E-state index in [1.807, 2.05) is 28.8 Å². The van der Waals surface area contributed by atoms with Crippen molar-refractivity contribution in [3.63, 3.8) is 0 Å². The highest BCUT2D eigenvalue weighted by atomic mass is 32.2. The highest BCUT2D eigenvalue weighted by Crippen LogP contribution is 2.29. The number of amides is 1. The molecule has 0 N–H and O–H groups in total. The molecule has 1 fully saturated rings. The molecule has 1 aromatic heterocycles. The molecular weight excluding hydrogens is 412 g/mol. The lowest BCUT2D eigenvalue weighted by atomic mass is 9.96. The van der Waals surface area contributed by atoms with Crippen LogP contribution in [0.5, 0.6) is 0 Å². The molecule has 2 aromatic carbocycles. The van der Waals surface area contributed by atoms with E-state index in [9.17, 15) is 13.2 Å². The molecule has 5 rings (SSSR count).